The van der Waals surface area contributed by atoms with Crippen molar-refractivity contribution in [2.45, 2.75) is 38.7 Å². The molecule has 2 aromatic carbocycles. The van der Waals surface area contributed by atoms with Crippen molar-refractivity contribution in [2.24, 2.45) is 5.92 Å². The van der Waals surface area contributed by atoms with Crippen LogP contribution in [0, 0.1) is 16.0 Å². The number of nitrogens with zero attached hydrogens (tertiary/aromatic N) is 1. The number of aliphatic hydroxyl groups is 1. The van der Waals surface area contributed by atoms with Gasteiger partial charge < -0.3 is 19.9 Å². The molecule has 0 radical (unpaired) electrons. The molecule has 0 saturated heterocycles. The van der Waals surface area contributed by atoms with E-state index < -0.39 is 34.3 Å². The maximum absolute atomic E-state index is 13.3. The molecule has 0 bridgehead atoms. The highest BCUT2D eigenvalue weighted by molar-refractivity contribution is 5.94. The largest absolute Gasteiger partial charge is 0.466 e. The van der Waals surface area contributed by atoms with Crippen LogP contribution in [-0.2, 0) is 19.1 Å². The van der Waals surface area contributed by atoms with Crippen molar-refractivity contribution >= 4 is 23.3 Å². The van der Waals surface area contributed by atoms with Gasteiger partial charge in [0.25, 0.3) is 5.69 Å². The number of benzene rings is 2. The van der Waals surface area contributed by atoms with Crippen LogP contribution in [0.15, 0.2) is 65.9 Å². The zero-order chi connectivity index (χ0) is 24.9. The third-order valence-electron chi connectivity index (χ3n) is 5.72. The van der Waals surface area contributed by atoms with Gasteiger partial charge in [-0.15, -0.1) is 0 Å². The van der Waals surface area contributed by atoms with Gasteiger partial charge >= 0.3 is 11.9 Å². The summed E-state index contributed by atoms with van der Waals surface area (Å²) in [7, 11) is 0. The molecule has 0 heterocycles. The number of hydrogen-bond acceptors (Lipinski definition) is 8. The Morgan fingerprint density at radius 2 is 1.79 bits per heavy atom. The Kier molecular flexibility index (Phi) is 7.68. The van der Waals surface area contributed by atoms with E-state index in [-0.39, 0.29) is 30.9 Å². The van der Waals surface area contributed by atoms with Crippen molar-refractivity contribution in [2.75, 3.05) is 18.5 Å². The van der Waals surface area contributed by atoms with Crippen LogP contribution in [0.4, 0.5) is 11.4 Å². The van der Waals surface area contributed by atoms with Crippen molar-refractivity contribution in [3.63, 3.8) is 0 Å². The summed E-state index contributed by atoms with van der Waals surface area (Å²) in [5.41, 5.74) is -0.354. The number of nitro benzene ring substituents is 1. The van der Waals surface area contributed by atoms with E-state index in [9.17, 15) is 24.8 Å². The Labute approximate surface area is 197 Å². The fourth-order valence-electron chi connectivity index (χ4n) is 4.36. The average Bonchev–Trinajstić information content (AvgIpc) is 2.79. The van der Waals surface area contributed by atoms with Gasteiger partial charge in [-0.3, -0.25) is 14.9 Å². The second kappa shape index (κ2) is 10.5. The Morgan fingerprint density at radius 3 is 2.41 bits per heavy atom. The Hall–Kier alpha value is -3.72. The van der Waals surface area contributed by atoms with Crippen LogP contribution in [0.1, 0.15) is 38.7 Å². The van der Waals surface area contributed by atoms with E-state index in [2.05, 4.69) is 5.32 Å². The molecule has 0 spiro atoms. The molecule has 2 N–H and O–H groups in total. The molecule has 180 valence electrons. The summed E-state index contributed by atoms with van der Waals surface area (Å²) in [5, 5.41) is 26.1. The third-order valence-corrected chi connectivity index (χ3v) is 5.72. The predicted molar refractivity (Wildman–Crippen MR) is 125 cm³/mol. The van der Waals surface area contributed by atoms with Gasteiger partial charge in [0.05, 0.1) is 35.2 Å². The van der Waals surface area contributed by atoms with Crippen molar-refractivity contribution in [1.82, 2.24) is 0 Å². The summed E-state index contributed by atoms with van der Waals surface area (Å²) < 4.78 is 10.6. The zero-order valence-corrected chi connectivity index (χ0v) is 19.3. The molecular formula is C25H28N2O7. The van der Waals surface area contributed by atoms with Gasteiger partial charge in [0.15, 0.2) is 0 Å². The predicted octanol–water partition coefficient (Wildman–Crippen LogP) is 3.94. The van der Waals surface area contributed by atoms with Crippen LogP contribution in [-0.4, -0.2) is 40.8 Å². The van der Waals surface area contributed by atoms with Gasteiger partial charge in [0, 0.05) is 35.9 Å². The molecular weight excluding hydrogens is 440 g/mol. The van der Waals surface area contributed by atoms with Crippen LogP contribution in [0.25, 0.3) is 0 Å². The molecule has 0 amide bonds. The van der Waals surface area contributed by atoms with Crippen molar-refractivity contribution < 1.29 is 29.1 Å². The highest BCUT2D eigenvalue weighted by Gasteiger charge is 2.52. The average molecular weight is 469 g/mol. The molecule has 0 aromatic heterocycles. The number of ether oxygens (including phenoxy) is 2. The Bertz CT molecular complexity index is 1100. The lowest BCUT2D eigenvalue weighted by Crippen LogP contribution is -2.49. The van der Waals surface area contributed by atoms with Crippen molar-refractivity contribution in [1.29, 1.82) is 0 Å². The summed E-state index contributed by atoms with van der Waals surface area (Å²) >= 11 is 0. The van der Waals surface area contributed by atoms with Crippen LogP contribution in [0.5, 0.6) is 0 Å². The minimum Gasteiger partial charge on any atom is -0.466 e. The van der Waals surface area contributed by atoms with E-state index >= 15 is 0 Å². The summed E-state index contributed by atoms with van der Waals surface area (Å²) in [6.07, 6.45) is -0.0645. The summed E-state index contributed by atoms with van der Waals surface area (Å²) in [4.78, 5) is 37.2. The first kappa shape index (κ1) is 24.9. The van der Waals surface area contributed by atoms with Gasteiger partial charge in [-0.2, -0.15) is 0 Å². The smallest absolute Gasteiger partial charge is 0.336 e. The number of nitrogens with one attached hydrogen (secondary N) is 1. The second-order valence-corrected chi connectivity index (χ2v) is 8.20. The van der Waals surface area contributed by atoms with E-state index in [0.717, 1.165) is 0 Å². The lowest BCUT2D eigenvalue weighted by Gasteiger charge is -2.43. The van der Waals surface area contributed by atoms with E-state index in [4.69, 9.17) is 9.47 Å². The Morgan fingerprint density at radius 1 is 1.12 bits per heavy atom. The fraction of sp³-hybridized carbons (Fsp3) is 0.360. The van der Waals surface area contributed by atoms with E-state index in [1.165, 1.54) is 25.1 Å². The summed E-state index contributed by atoms with van der Waals surface area (Å²) in [6, 6.07) is 14.7. The first-order valence-electron chi connectivity index (χ1n) is 11.0. The molecule has 3 atom stereocenters. The topological polar surface area (TPSA) is 128 Å². The number of non-ortho nitro benzene ring substituents is 1. The molecule has 0 fully saturated rings. The summed E-state index contributed by atoms with van der Waals surface area (Å²) in [5.74, 6) is -3.63. The lowest BCUT2D eigenvalue weighted by atomic mass is 9.65. The van der Waals surface area contributed by atoms with Gasteiger partial charge in [-0.1, -0.05) is 30.3 Å². The monoisotopic (exact) mass is 468 g/mol. The van der Waals surface area contributed by atoms with Crippen molar-refractivity contribution in [3.05, 3.63) is 81.5 Å². The lowest BCUT2D eigenvalue weighted by molar-refractivity contribution is -0.384. The van der Waals surface area contributed by atoms with Crippen LogP contribution >= 0.6 is 0 Å². The number of carbonyl (C=O) groups excluding carboxylic acids is 2. The number of rotatable bonds is 8. The van der Waals surface area contributed by atoms with Crippen LogP contribution < -0.4 is 5.32 Å². The maximum atomic E-state index is 13.3. The molecule has 34 heavy (non-hydrogen) atoms. The zero-order valence-electron chi connectivity index (χ0n) is 19.3. The molecule has 1 aliphatic rings. The number of carbonyl (C=O) groups is 2. The van der Waals surface area contributed by atoms with Crippen molar-refractivity contribution in [3.8, 4) is 0 Å². The third kappa shape index (κ3) is 5.26. The van der Waals surface area contributed by atoms with Gasteiger partial charge in [0.2, 0.25) is 0 Å². The van der Waals surface area contributed by atoms with Gasteiger partial charge in [-0.25, -0.2) is 4.79 Å². The fourth-order valence-corrected chi connectivity index (χ4v) is 4.36. The Balaban J connectivity index is 2.28. The standard InChI is InChI=1S/C25H28N2O7/c1-4-33-23(28)21-19(26-17-11-7-6-8-12-17)15-25(3,30)22(24(29)34-5-2)20(21)16-10-9-13-18(14-16)27(31)32/h6-14,20,22,26,30H,4-5,15H2,1-3H3/t20-,22+,25-/m0/s1. The molecule has 9 nitrogen and oxygen atoms in total. The molecule has 9 heteroatoms. The number of para-hydroxylation sites is 1. The second-order valence-electron chi connectivity index (χ2n) is 8.20. The summed E-state index contributed by atoms with van der Waals surface area (Å²) in [6.45, 7) is 4.95. The van der Waals surface area contributed by atoms with E-state index in [1.54, 1.807) is 32.0 Å². The van der Waals surface area contributed by atoms with Crippen LogP contribution in [0.2, 0.25) is 0 Å². The molecule has 1 aliphatic carbocycles. The van der Waals surface area contributed by atoms with Gasteiger partial charge in [0.1, 0.15) is 0 Å². The van der Waals surface area contributed by atoms with E-state index in [0.29, 0.717) is 16.9 Å². The molecule has 0 aliphatic heterocycles. The minimum atomic E-state index is -1.63. The molecule has 3 rings (SSSR count). The number of nitro groups is 1. The van der Waals surface area contributed by atoms with E-state index in [1.807, 2.05) is 18.2 Å². The maximum Gasteiger partial charge on any atom is 0.336 e. The van der Waals surface area contributed by atoms with Crippen LogP contribution in [0.3, 0.4) is 0 Å². The minimum absolute atomic E-state index is 0.0645. The highest BCUT2D eigenvalue weighted by Crippen LogP contribution is 2.48. The highest BCUT2D eigenvalue weighted by atomic mass is 16.6. The quantitative estimate of drug-likeness (QED) is 0.339. The molecule has 0 saturated carbocycles. The number of hydrogen-bond donors (Lipinski definition) is 2. The van der Waals surface area contributed by atoms with Gasteiger partial charge in [-0.05, 0) is 38.5 Å². The SMILES string of the molecule is CCOC(=O)C1=C(Nc2ccccc2)C[C@](C)(O)[C@@H](C(=O)OCC)[C@H]1c1cccc([N+](=O)[O-])c1. The number of anilines is 1. The molecule has 0 unspecified atom stereocenters. The molecule has 2 aromatic rings. The number of esters is 2. The first-order chi connectivity index (χ1) is 16.2. The first-order valence-corrected chi connectivity index (χ1v) is 11.0. The normalized spacial score (nSPS) is 22.1.